The molecule has 1 rings (SSSR count). The lowest BCUT2D eigenvalue weighted by molar-refractivity contribution is 0.252. The maximum absolute atomic E-state index is 11.2. The van der Waals surface area contributed by atoms with E-state index in [0.717, 1.165) is 18.6 Å². The SMILES string of the molecule is CCCNC(=O)Nc1cc(O)c(O)c(O)c1. The number of hydrogen-bond acceptors (Lipinski definition) is 4. The van der Waals surface area contributed by atoms with Crippen LogP contribution in [0.15, 0.2) is 12.1 Å². The van der Waals surface area contributed by atoms with E-state index in [1.54, 1.807) is 0 Å². The third-order valence-electron chi connectivity index (χ3n) is 1.86. The van der Waals surface area contributed by atoms with Crippen molar-refractivity contribution in [3.8, 4) is 17.2 Å². The second-order valence-electron chi connectivity index (χ2n) is 3.24. The molecular formula is C10H14N2O4. The van der Waals surface area contributed by atoms with Gasteiger partial charge in [0.05, 0.1) is 5.69 Å². The molecule has 16 heavy (non-hydrogen) atoms. The summed E-state index contributed by atoms with van der Waals surface area (Å²) in [7, 11) is 0. The Morgan fingerprint density at radius 3 is 2.31 bits per heavy atom. The number of phenols is 3. The number of carbonyl (C=O) groups excluding carboxylic acids is 1. The molecule has 0 aliphatic heterocycles. The Balaban J connectivity index is 2.71. The van der Waals surface area contributed by atoms with Crippen molar-refractivity contribution in [1.82, 2.24) is 5.32 Å². The van der Waals surface area contributed by atoms with Crippen LogP contribution < -0.4 is 10.6 Å². The van der Waals surface area contributed by atoms with Crippen LogP contribution in [0.1, 0.15) is 13.3 Å². The molecule has 0 atom stereocenters. The van der Waals surface area contributed by atoms with Crippen molar-refractivity contribution < 1.29 is 20.1 Å². The number of carbonyl (C=O) groups is 1. The number of aromatic hydroxyl groups is 3. The normalized spacial score (nSPS) is 9.81. The van der Waals surface area contributed by atoms with E-state index < -0.39 is 23.3 Å². The van der Waals surface area contributed by atoms with Gasteiger partial charge in [-0.15, -0.1) is 0 Å². The molecule has 88 valence electrons. The maximum atomic E-state index is 11.2. The third kappa shape index (κ3) is 2.94. The van der Waals surface area contributed by atoms with Crippen LogP contribution in [-0.4, -0.2) is 27.9 Å². The molecule has 6 nitrogen and oxygen atoms in total. The number of anilines is 1. The first-order chi connectivity index (χ1) is 7.54. The molecule has 1 aromatic rings. The van der Waals surface area contributed by atoms with Crippen LogP contribution >= 0.6 is 0 Å². The summed E-state index contributed by atoms with van der Waals surface area (Å²) < 4.78 is 0. The van der Waals surface area contributed by atoms with Gasteiger partial charge < -0.3 is 26.0 Å². The maximum Gasteiger partial charge on any atom is 0.319 e. The number of rotatable bonds is 3. The van der Waals surface area contributed by atoms with Gasteiger partial charge in [0.25, 0.3) is 0 Å². The zero-order chi connectivity index (χ0) is 12.1. The van der Waals surface area contributed by atoms with E-state index in [9.17, 15) is 15.0 Å². The number of urea groups is 1. The molecule has 6 heteroatoms. The van der Waals surface area contributed by atoms with E-state index >= 15 is 0 Å². The zero-order valence-corrected chi connectivity index (χ0v) is 8.82. The zero-order valence-electron chi connectivity index (χ0n) is 8.82. The average Bonchev–Trinajstić information content (AvgIpc) is 2.23. The molecule has 0 saturated heterocycles. The molecule has 0 aliphatic carbocycles. The lowest BCUT2D eigenvalue weighted by atomic mass is 10.2. The van der Waals surface area contributed by atoms with Gasteiger partial charge in [-0.1, -0.05) is 6.92 Å². The van der Waals surface area contributed by atoms with Crippen molar-refractivity contribution in [1.29, 1.82) is 0 Å². The molecule has 0 aliphatic rings. The van der Waals surface area contributed by atoms with E-state index in [0.29, 0.717) is 6.54 Å². The van der Waals surface area contributed by atoms with E-state index in [2.05, 4.69) is 10.6 Å². The Hall–Kier alpha value is -2.11. The highest BCUT2D eigenvalue weighted by molar-refractivity contribution is 5.90. The number of benzene rings is 1. The Bertz CT molecular complexity index is 369. The van der Waals surface area contributed by atoms with E-state index in [1.807, 2.05) is 6.92 Å². The fourth-order valence-corrected chi connectivity index (χ4v) is 1.09. The molecular weight excluding hydrogens is 212 g/mol. The molecule has 1 aromatic carbocycles. The monoisotopic (exact) mass is 226 g/mol. The van der Waals surface area contributed by atoms with Gasteiger partial charge in [0.15, 0.2) is 17.2 Å². The molecule has 0 unspecified atom stereocenters. The van der Waals surface area contributed by atoms with Crippen LogP contribution in [0.2, 0.25) is 0 Å². The fraction of sp³-hybridized carbons (Fsp3) is 0.300. The minimum Gasteiger partial charge on any atom is -0.504 e. The lowest BCUT2D eigenvalue weighted by Crippen LogP contribution is -2.29. The van der Waals surface area contributed by atoms with Gasteiger partial charge in [0.1, 0.15) is 0 Å². The van der Waals surface area contributed by atoms with Gasteiger partial charge in [-0.3, -0.25) is 0 Å². The van der Waals surface area contributed by atoms with Crippen molar-refractivity contribution in [3.63, 3.8) is 0 Å². The summed E-state index contributed by atoms with van der Waals surface area (Å²) in [5, 5.41) is 32.4. The van der Waals surface area contributed by atoms with E-state index in [1.165, 1.54) is 0 Å². The summed E-state index contributed by atoms with van der Waals surface area (Å²) in [6, 6.07) is 1.84. The standard InChI is InChI=1S/C10H14N2O4/c1-2-3-11-10(16)12-6-4-7(13)9(15)8(14)5-6/h4-5,13-15H,2-3H2,1H3,(H2,11,12,16). The summed E-state index contributed by atoms with van der Waals surface area (Å²) in [5.41, 5.74) is 0.196. The topological polar surface area (TPSA) is 102 Å². The Morgan fingerprint density at radius 2 is 1.81 bits per heavy atom. The first kappa shape index (κ1) is 12.0. The molecule has 0 fully saturated rings. The molecule has 5 N–H and O–H groups in total. The number of phenolic OH excluding ortho intramolecular Hbond substituents is 3. The predicted octanol–water partition coefficient (Wildman–Crippen LogP) is 1.33. The summed E-state index contributed by atoms with van der Waals surface area (Å²) in [5.74, 6) is -1.60. The highest BCUT2D eigenvalue weighted by Gasteiger charge is 2.09. The highest BCUT2D eigenvalue weighted by atomic mass is 16.3. The molecule has 0 spiro atoms. The average molecular weight is 226 g/mol. The van der Waals surface area contributed by atoms with Gasteiger partial charge in [0.2, 0.25) is 0 Å². The van der Waals surface area contributed by atoms with Crippen molar-refractivity contribution in [2.75, 3.05) is 11.9 Å². The van der Waals surface area contributed by atoms with Gasteiger partial charge in [-0.25, -0.2) is 4.79 Å². The Morgan fingerprint density at radius 1 is 1.25 bits per heavy atom. The smallest absolute Gasteiger partial charge is 0.319 e. The minimum atomic E-state index is -0.612. The van der Waals surface area contributed by atoms with Gasteiger partial charge in [-0.05, 0) is 6.42 Å². The number of amides is 2. The van der Waals surface area contributed by atoms with Gasteiger partial charge in [-0.2, -0.15) is 0 Å². The minimum absolute atomic E-state index is 0.196. The van der Waals surface area contributed by atoms with Crippen LogP contribution in [0.25, 0.3) is 0 Å². The van der Waals surface area contributed by atoms with Gasteiger partial charge >= 0.3 is 6.03 Å². The summed E-state index contributed by atoms with van der Waals surface area (Å²) in [6.45, 7) is 2.44. The molecule has 0 radical (unpaired) electrons. The Kier molecular flexibility index (Phi) is 3.82. The van der Waals surface area contributed by atoms with Crippen molar-refractivity contribution in [3.05, 3.63) is 12.1 Å². The number of hydrogen-bond donors (Lipinski definition) is 5. The summed E-state index contributed by atoms with van der Waals surface area (Å²) >= 11 is 0. The molecule has 0 saturated carbocycles. The van der Waals surface area contributed by atoms with Crippen molar-refractivity contribution in [2.45, 2.75) is 13.3 Å². The fourth-order valence-electron chi connectivity index (χ4n) is 1.09. The van der Waals surface area contributed by atoms with Crippen LogP contribution in [0.4, 0.5) is 10.5 Å². The largest absolute Gasteiger partial charge is 0.504 e. The van der Waals surface area contributed by atoms with Crippen molar-refractivity contribution in [2.24, 2.45) is 0 Å². The number of nitrogens with one attached hydrogen (secondary N) is 2. The molecule has 0 bridgehead atoms. The quantitative estimate of drug-likeness (QED) is 0.396. The first-order valence-electron chi connectivity index (χ1n) is 4.84. The predicted molar refractivity (Wildman–Crippen MR) is 58.7 cm³/mol. The second kappa shape index (κ2) is 5.11. The Labute approximate surface area is 92.5 Å². The summed E-state index contributed by atoms with van der Waals surface area (Å²) in [6.07, 6.45) is 0.805. The molecule has 0 aromatic heterocycles. The van der Waals surface area contributed by atoms with Crippen LogP contribution in [0.5, 0.6) is 17.2 Å². The van der Waals surface area contributed by atoms with Crippen LogP contribution in [0, 0.1) is 0 Å². The van der Waals surface area contributed by atoms with Crippen LogP contribution in [-0.2, 0) is 0 Å². The van der Waals surface area contributed by atoms with Crippen LogP contribution in [0.3, 0.4) is 0 Å². The second-order valence-corrected chi connectivity index (χ2v) is 3.24. The molecule has 0 heterocycles. The highest BCUT2D eigenvalue weighted by Crippen LogP contribution is 2.37. The first-order valence-corrected chi connectivity index (χ1v) is 4.84. The lowest BCUT2D eigenvalue weighted by Gasteiger charge is -2.08. The van der Waals surface area contributed by atoms with Crippen molar-refractivity contribution >= 4 is 11.7 Å². The molecule has 2 amide bonds. The van der Waals surface area contributed by atoms with E-state index in [4.69, 9.17) is 5.11 Å². The third-order valence-corrected chi connectivity index (χ3v) is 1.86. The van der Waals surface area contributed by atoms with E-state index in [-0.39, 0.29) is 5.69 Å². The van der Waals surface area contributed by atoms with Gasteiger partial charge in [0, 0.05) is 18.7 Å². The summed E-state index contributed by atoms with van der Waals surface area (Å²) in [4.78, 5) is 11.2.